The topological polar surface area (TPSA) is 20.3 Å². The van der Waals surface area contributed by atoms with Crippen LogP contribution in [0.4, 0.5) is 8.78 Å². The fourth-order valence-corrected chi connectivity index (χ4v) is 3.10. The van der Waals surface area contributed by atoms with Crippen molar-refractivity contribution in [1.82, 2.24) is 4.90 Å². The minimum absolute atomic E-state index is 0.0534. The molecule has 0 aliphatic carbocycles. The van der Waals surface area contributed by atoms with Gasteiger partial charge in [0.2, 0.25) is 0 Å². The van der Waals surface area contributed by atoms with Crippen LogP contribution in [0.5, 0.6) is 0 Å². The predicted molar refractivity (Wildman–Crippen MR) is 73.4 cm³/mol. The van der Waals surface area contributed by atoms with Gasteiger partial charge in [0.25, 0.3) is 5.91 Å². The van der Waals surface area contributed by atoms with Crippen LogP contribution in [0, 0.1) is 11.6 Å². The molecule has 2 rings (SSSR count). The molecule has 1 aliphatic rings. The SMILES string of the molecule is O=C(c1cccc(F)c1F)N1CCCCCC1CBr. The first-order valence-electron chi connectivity index (χ1n) is 6.46. The average Bonchev–Trinajstić information content (AvgIpc) is 2.66. The fraction of sp³-hybridized carbons (Fsp3) is 0.500. The molecule has 0 N–H and O–H groups in total. The molecule has 0 bridgehead atoms. The highest BCUT2D eigenvalue weighted by Gasteiger charge is 2.27. The monoisotopic (exact) mass is 331 g/mol. The Balaban J connectivity index is 2.28. The Morgan fingerprint density at radius 2 is 2.11 bits per heavy atom. The maximum absolute atomic E-state index is 13.7. The van der Waals surface area contributed by atoms with Crippen molar-refractivity contribution in [2.75, 3.05) is 11.9 Å². The largest absolute Gasteiger partial charge is 0.335 e. The number of halogens is 3. The lowest BCUT2D eigenvalue weighted by atomic mass is 10.1. The van der Waals surface area contributed by atoms with Gasteiger partial charge in [0, 0.05) is 17.9 Å². The number of hydrogen-bond acceptors (Lipinski definition) is 1. The van der Waals surface area contributed by atoms with E-state index in [0.29, 0.717) is 11.9 Å². The summed E-state index contributed by atoms with van der Waals surface area (Å²) in [6, 6.07) is 3.79. The summed E-state index contributed by atoms with van der Waals surface area (Å²) in [5.41, 5.74) is -0.173. The third-order valence-corrected chi connectivity index (χ3v) is 4.25. The molecule has 2 nitrogen and oxygen atoms in total. The lowest BCUT2D eigenvalue weighted by Gasteiger charge is -2.29. The molecule has 1 fully saturated rings. The van der Waals surface area contributed by atoms with E-state index < -0.39 is 17.5 Å². The van der Waals surface area contributed by atoms with Gasteiger partial charge in [0.15, 0.2) is 11.6 Å². The average molecular weight is 332 g/mol. The van der Waals surface area contributed by atoms with E-state index in [1.807, 2.05) is 0 Å². The summed E-state index contributed by atoms with van der Waals surface area (Å²) >= 11 is 3.40. The van der Waals surface area contributed by atoms with Gasteiger partial charge >= 0.3 is 0 Å². The summed E-state index contributed by atoms with van der Waals surface area (Å²) in [5.74, 6) is -2.44. The maximum Gasteiger partial charge on any atom is 0.257 e. The van der Waals surface area contributed by atoms with Gasteiger partial charge in [-0.1, -0.05) is 34.8 Å². The second-order valence-electron chi connectivity index (χ2n) is 4.76. The van der Waals surface area contributed by atoms with Crippen molar-refractivity contribution in [3.8, 4) is 0 Å². The lowest BCUT2D eigenvalue weighted by molar-refractivity contribution is 0.0696. The molecule has 0 radical (unpaired) electrons. The Kier molecular flexibility index (Phi) is 4.91. The summed E-state index contributed by atoms with van der Waals surface area (Å²) < 4.78 is 26.9. The van der Waals surface area contributed by atoms with E-state index in [2.05, 4.69) is 15.9 Å². The van der Waals surface area contributed by atoms with Crippen molar-refractivity contribution < 1.29 is 13.6 Å². The zero-order valence-corrected chi connectivity index (χ0v) is 12.1. The Morgan fingerprint density at radius 3 is 2.84 bits per heavy atom. The zero-order chi connectivity index (χ0) is 13.8. The van der Waals surface area contributed by atoms with Crippen LogP contribution in [0.25, 0.3) is 0 Å². The van der Waals surface area contributed by atoms with Gasteiger partial charge in [0.1, 0.15) is 0 Å². The van der Waals surface area contributed by atoms with Gasteiger partial charge in [-0.2, -0.15) is 0 Å². The second kappa shape index (κ2) is 6.46. The fourth-order valence-electron chi connectivity index (χ4n) is 2.43. The first kappa shape index (κ1) is 14.4. The lowest BCUT2D eigenvalue weighted by Crippen LogP contribution is -2.41. The van der Waals surface area contributed by atoms with Crippen molar-refractivity contribution in [3.63, 3.8) is 0 Å². The summed E-state index contributed by atoms with van der Waals surface area (Å²) in [7, 11) is 0. The summed E-state index contributed by atoms with van der Waals surface area (Å²) in [6.45, 7) is 0.602. The molecule has 1 aromatic rings. The molecule has 1 saturated heterocycles. The highest BCUT2D eigenvalue weighted by molar-refractivity contribution is 9.09. The van der Waals surface area contributed by atoms with E-state index in [1.54, 1.807) is 4.90 Å². The molecule has 1 unspecified atom stereocenters. The summed E-state index contributed by atoms with van der Waals surface area (Å²) in [6.07, 6.45) is 3.94. The quantitative estimate of drug-likeness (QED) is 0.756. The van der Waals surface area contributed by atoms with Crippen molar-refractivity contribution in [1.29, 1.82) is 0 Å². The number of rotatable bonds is 2. The zero-order valence-electron chi connectivity index (χ0n) is 10.5. The standard InChI is InChI=1S/C14H16BrF2NO/c15-9-10-5-2-1-3-8-18(10)14(19)11-6-4-7-12(16)13(11)17/h4,6-7,10H,1-3,5,8-9H2. The van der Waals surface area contributed by atoms with Crippen molar-refractivity contribution >= 4 is 21.8 Å². The third-order valence-electron chi connectivity index (χ3n) is 3.50. The van der Waals surface area contributed by atoms with Crippen LogP contribution in [-0.2, 0) is 0 Å². The van der Waals surface area contributed by atoms with Crippen molar-refractivity contribution in [3.05, 3.63) is 35.4 Å². The molecule has 0 spiro atoms. The molecule has 1 atom stereocenters. The predicted octanol–water partition coefficient (Wildman–Crippen LogP) is 3.74. The first-order valence-corrected chi connectivity index (χ1v) is 7.58. The molecule has 1 aliphatic heterocycles. The van der Waals surface area contributed by atoms with Crippen LogP contribution in [0.3, 0.4) is 0 Å². The molecular weight excluding hydrogens is 316 g/mol. The number of hydrogen-bond donors (Lipinski definition) is 0. The van der Waals surface area contributed by atoms with Crippen molar-refractivity contribution in [2.45, 2.75) is 31.7 Å². The van der Waals surface area contributed by atoms with E-state index in [4.69, 9.17) is 0 Å². The summed E-state index contributed by atoms with van der Waals surface area (Å²) in [5, 5.41) is 0.662. The van der Waals surface area contributed by atoms with Crippen LogP contribution >= 0.6 is 15.9 Å². The maximum atomic E-state index is 13.7. The smallest absolute Gasteiger partial charge is 0.257 e. The highest BCUT2D eigenvalue weighted by atomic mass is 79.9. The number of carbonyl (C=O) groups is 1. The number of likely N-dealkylation sites (tertiary alicyclic amines) is 1. The van der Waals surface area contributed by atoms with Crippen LogP contribution in [0.15, 0.2) is 18.2 Å². The number of alkyl halides is 1. The van der Waals surface area contributed by atoms with Crippen LogP contribution in [0.1, 0.15) is 36.0 Å². The van der Waals surface area contributed by atoms with E-state index >= 15 is 0 Å². The number of carbonyl (C=O) groups excluding carboxylic acids is 1. The Hall–Kier alpha value is -0.970. The molecule has 104 valence electrons. The highest BCUT2D eigenvalue weighted by Crippen LogP contribution is 2.22. The van der Waals surface area contributed by atoms with E-state index in [1.165, 1.54) is 12.1 Å². The molecule has 19 heavy (non-hydrogen) atoms. The molecule has 1 heterocycles. The van der Waals surface area contributed by atoms with Crippen LogP contribution in [0.2, 0.25) is 0 Å². The van der Waals surface area contributed by atoms with Crippen molar-refractivity contribution in [2.24, 2.45) is 0 Å². The minimum atomic E-state index is -1.05. The number of benzene rings is 1. The van der Waals surface area contributed by atoms with Gasteiger partial charge in [-0.3, -0.25) is 4.79 Å². The van der Waals surface area contributed by atoms with Gasteiger partial charge < -0.3 is 4.90 Å². The summed E-state index contributed by atoms with van der Waals surface area (Å²) in [4.78, 5) is 14.1. The van der Waals surface area contributed by atoms with Gasteiger partial charge in [-0.25, -0.2) is 8.78 Å². The molecule has 0 saturated carbocycles. The molecule has 1 amide bonds. The van der Waals surface area contributed by atoms with E-state index in [9.17, 15) is 13.6 Å². The molecule has 1 aromatic carbocycles. The van der Waals surface area contributed by atoms with E-state index in [0.717, 1.165) is 31.7 Å². The van der Waals surface area contributed by atoms with Gasteiger partial charge in [-0.05, 0) is 25.0 Å². The molecular formula is C14H16BrF2NO. The Labute approximate surface area is 119 Å². The van der Waals surface area contributed by atoms with Gasteiger partial charge in [0.05, 0.1) is 5.56 Å². The van der Waals surface area contributed by atoms with Gasteiger partial charge in [-0.15, -0.1) is 0 Å². The second-order valence-corrected chi connectivity index (χ2v) is 5.40. The third kappa shape index (κ3) is 3.14. The molecule has 0 aromatic heterocycles. The molecule has 5 heteroatoms. The Bertz CT molecular complexity index is 467. The number of nitrogens with zero attached hydrogens (tertiary/aromatic N) is 1. The van der Waals surface area contributed by atoms with Crippen LogP contribution < -0.4 is 0 Å². The van der Waals surface area contributed by atoms with Crippen LogP contribution in [-0.4, -0.2) is 28.7 Å². The normalized spacial score (nSPS) is 20.2. The first-order chi connectivity index (χ1) is 9.15. The number of amides is 1. The minimum Gasteiger partial charge on any atom is -0.335 e. The Morgan fingerprint density at radius 1 is 1.32 bits per heavy atom. The van der Waals surface area contributed by atoms with E-state index in [-0.39, 0.29) is 11.6 Å².